The molecule has 0 atom stereocenters. The molecule has 0 aromatic heterocycles. The van der Waals surface area contributed by atoms with Gasteiger partial charge < -0.3 is 10.2 Å². The second kappa shape index (κ2) is 6.71. The van der Waals surface area contributed by atoms with Gasteiger partial charge in [-0.05, 0) is 37.9 Å². The summed E-state index contributed by atoms with van der Waals surface area (Å²) in [7, 11) is 3.86. The molecule has 1 aromatic carbocycles. The lowest BCUT2D eigenvalue weighted by atomic mass is 10.1. The van der Waals surface area contributed by atoms with Gasteiger partial charge in [-0.25, -0.2) is 4.39 Å². The van der Waals surface area contributed by atoms with Crippen molar-refractivity contribution < 1.29 is 9.18 Å². The van der Waals surface area contributed by atoms with E-state index in [0.717, 1.165) is 11.0 Å². The summed E-state index contributed by atoms with van der Waals surface area (Å²) >= 11 is 3.25. The molecule has 0 aliphatic heterocycles. The molecule has 3 nitrogen and oxygen atoms in total. The molecule has 5 heteroatoms. The fourth-order valence-corrected chi connectivity index (χ4v) is 1.74. The average Bonchev–Trinajstić information content (AvgIpc) is 2.23. The Balaban J connectivity index is 2.47. The molecule has 17 heavy (non-hydrogen) atoms. The van der Waals surface area contributed by atoms with Crippen molar-refractivity contribution in [3.63, 3.8) is 0 Å². The molecule has 1 N–H and O–H groups in total. The zero-order valence-electron chi connectivity index (χ0n) is 9.96. The molecule has 0 aliphatic carbocycles. The summed E-state index contributed by atoms with van der Waals surface area (Å²) in [4.78, 5) is 13.5. The van der Waals surface area contributed by atoms with Crippen LogP contribution in [0.3, 0.4) is 0 Å². The number of amides is 1. The summed E-state index contributed by atoms with van der Waals surface area (Å²) < 4.78 is 14.1. The lowest BCUT2D eigenvalue weighted by Gasteiger charge is -2.10. The second-order valence-corrected chi connectivity index (χ2v) is 4.98. The highest BCUT2D eigenvalue weighted by Crippen LogP contribution is 2.15. The number of hydrogen-bond donors (Lipinski definition) is 1. The first-order valence-electron chi connectivity index (χ1n) is 5.34. The number of likely N-dealkylation sites (N-methyl/N-ethyl adjacent to an activating group) is 1. The Bertz CT molecular complexity index is 396. The fourth-order valence-electron chi connectivity index (χ4n) is 1.33. The maximum absolute atomic E-state index is 13.4. The number of nitrogens with zero attached hydrogens (tertiary/aromatic N) is 1. The van der Waals surface area contributed by atoms with Gasteiger partial charge in [-0.3, -0.25) is 4.79 Å². The molecule has 0 unspecified atom stereocenters. The first-order chi connectivity index (χ1) is 7.99. The number of halogens is 2. The van der Waals surface area contributed by atoms with E-state index in [1.807, 2.05) is 19.0 Å². The number of nitrogens with one attached hydrogen (secondary N) is 1. The van der Waals surface area contributed by atoms with Gasteiger partial charge in [-0.15, -0.1) is 0 Å². The van der Waals surface area contributed by atoms with E-state index in [1.54, 1.807) is 12.1 Å². The van der Waals surface area contributed by atoms with Gasteiger partial charge >= 0.3 is 0 Å². The molecule has 0 radical (unpaired) electrons. The summed E-state index contributed by atoms with van der Waals surface area (Å²) in [6.07, 6.45) is 0.0682. The van der Waals surface area contributed by atoms with Gasteiger partial charge in [0.15, 0.2) is 0 Å². The van der Waals surface area contributed by atoms with E-state index < -0.39 is 0 Å². The lowest BCUT2D eigenvalue weighted by molar-refractivity contribution is -0.120. The van der Waals surface area contributed by atoms with Gasteiger partial charge in [0.05, 0.1) is 6.42 Å². The Morgan fingerprint density at radius 3 is 2.82 bits per heavy atom. The molecule has 0 aliphatic rings. The van der Waals surface area contributed by atoms with Crippen LogP contribution in [0.5, 0.6) is 0 Å². The van der Waals surface area contributed by atoms with Gasteiger partial charge in [0, 0.05) is 17.6 Å². The third-order valence-corrected chi connectivity index (χ3v) is 2.73. The third-order valence-electron chi connectivity index (χ3n) is 2.24. The third kappa shape index (κ3) is 5.28. The van der Waals surface area contributed by atoms with Crippen LogP contribution in [0.15, 0.2) is 22.7 Å². The maximum atomic E-state index is 13.4. The lowest BCUT2D eigenvalue weighted by Crippen LogP contribution is -2.32. The highest BCUT2D eigenvalue weighted by Gasteiger charge is 2.08. The molecule has 1 aromatic rings. The smallest absolute Gasteiger partial charge is 0.224 e. The zero-order valence-corrected chi connectivity index (χ0v) is 11.6. The summed E-state index contributed by atoms with van der Waals surface area (Å²) in [5, 5.41) is 2.75. The first kappa shape index (κ1) is 14.1. The Morgan fingerprint density at radius 2 is 2.18 bits per heavy atom. The number of hydrogen-bond acceptors (Lipinski definition) is 2. The molecular weight excluding hydrogens is 287 g/mol. The van der Waals surface area contributed by atoms with Crippen molar-refractivity contribution in [3.8, 4) is 0 Å². The van der Waals surface area contributed by atoms with Crippen molar-refractivity contribution in [1.29, 1.82) is 0 Å². The van der Waals surface area contributed by atoms with Crippen LogP contribution < -0.4 is 5.32 Å². The van der Waals surface area contributed by atoms with Crippen LogP contribution in [0.2, 0.25) is 0 Å². The van der Waals surface area contributed by atoms with E-state index in [-0.39, 0.29) is 18.1 Å². The predicted octanol–water partition coefficient (Wildman–Crippen LogP) is 1.81. The maximum Gasteiger partial charge on any atom is 0.224 e. The van der Waals surface area contributed by atoms with Crippen LogP contribution in [-0.4, -0.2) is 38.0 Å². The van der Waals surface area contributed by atoms with E-state index in [9.17, 15) is 9.18 Å². The SMILES string of the molecule is CN(C)CCNC(=O)Cc1cc(Br)ccc1F. The van der Waals surface area contributed by atoms with Gasteiger partial charge in [0.25, 0.3) is 0 Å². The number of rotatable bonds is 5. The minimum atomic E-state index is -0.351. The van der Waals surface area contributed by atoms with Crippen molar-refractivity contribution in [2.24, 2.45) is 0 Å². The summed E-state index contributed by atoms with van der Waals surface area (Å²) in [5.41, 5.74) is 0.404. The first-order valence-corrected chi connectivity index (χ1v) is 6.13. The molecule has 94 valence electrons. The highest BCUT2D eigenvalue weighted by atomic mass is 79.9. The van der Waals surface area contributed by atoms with Gasteiger partial charge in [-0.2, -0.15) is 0 Å². The van der Waals surface area contributed by atoms with E-state index >= 15 is 0 Å². The van der Waals surface area contributed by atoms with Crippen molar-refractivity contribution in [3.05, 3.63) is 34.1 Å². The monoisotopic (exact) mass is 302 g/mol. The number of carbonyl (C=O) groups excluding carboxylic acids is 1. The quantitative estimate of drug-likeness (QED) is 0.900. The van der Waals surface area contributed by atoms with Crippen LogP contribution in [0.25, 0.3) is 0 Å². The standard InChI is InChI=1S/C12H16BrFN2O/c1-16(2)6-5-15-12(17)8-9-7-10(13)3-4-11(9)14/h3-4,7H,5-6,8H2,1-2H3,(H,15,17). The molecule has 0 saturated heterocycles. The Kier molecular flexibility index (Phi) is 5.58. The van der Waals surface area contributed by atoms with E-state index in [1.165, 1.54) is 6.07 Å². The van der Waals surface area contributed by atoms with Gasteiger partial charge in [-0.1, -0.05) is 15.9 Å². The molecule has 1 rings (SSSR count). The molecule has 1 amide bonds. The van der Waals surface area contributed by atoms with E-state index in [2.05, 4.69) is 21.2 Å². The predicted molar refractivity (Wildman–Crippen MR) is 69.4 cm³/mol. The van der Waals surface area contributed by atoms with Crippen LogP contribution in [0.4, 0.5) is 4.39 Å². The molecule has 0 heterocycles. The topological polar surface area (TPSA) is 32.3 Å². The Morgan fingerprint density at radius 1 is 1.47 bits per heavy atom. The average molecular weight is 303 g/mol. The summed E-state index contributed by atoms with van der Waals surface area (Å²) in [6.45, 7) is 1.34. The van der Waals surface area contributed by atoms with Crippen LogP contribution >= 0.6 is 15.9 Å². The van der Waals surface area contributed by atoms with Crippen LogP contribution in [0.1, 0.15) is 5.56 Å². The van der Waals surface area contributed by atoms with Crippen molar-refractivity contribution >= 4 is 21.8 Å². The van der Waals surface area contributed by atoms with E-state index in [4.69, 9.17) is 0 Å². The van der Waals surface area contributed by atoms with E-state index in [0.29, 0.717) is 12.1 Å². The van der Waals surface area contributed by atoms with Crippen LogP contribution in [-0.2, 0) is 11.2 Å². The second-order valence-electron chi connectivity index (χ2n) is 4.07. The normalized spacial score (nSPS) is 10.6. The Hall–Kier alpha value is -0.940. The zero-order chi connectivity index (χ0) is 12.8. The molecule has 0 bridgehead atoms. The minimum absolute atomic E-state index is 0.0682. The van der Waals surface area contributed by atoms with Crippen molar-refractivity contribution in [2.45, 2.75) is 6.42 Å². The number of benzene rings is 1. The highest BCUT2D eigenvalue weighted by molar-refractivity contribution is 9.10. The molecule has 0 fully saturated rings. The Labute approximate surface area is 109 Å². The van der Waals surface area contributed by atoms with Crippen molar-refractivity contribution in [1.82, 2.24) is 10.2 Å². The molecule has 0 spiro atoms. The number of carbonyl (C=O) groups is 1. The van der Waals surface area contributed by atoms with Gasteiger partial charge in [0.1, 0.15) is 5.82 Å². The molecule has 0 saturated carbocycles. The minimum Gasteiger partial charge on any atom is -0.355 e. The fraction of sp³-hybridized carbons (Fsp3) is 0.417. The largest absolute Gasteiger partial charge is 0.355 e. The summed E-state index contributed by atoms with van der Waals surface area (Å²) in [6, 6.07) is 4.59. The summed E-state index contributed by atoms with van der Waals surface area (Å²) in [5.74, 6) is -0.514. The molecular formula is C12H16BrFN2O. The van der Waals surface area contributed by atoms with Crippen LogP contribution in [0, 0.1) is 5.82 Å². The van der Waals surface area contributed by atoms with Gasteiger partial charge in [0.2, 0.25) is 5.91 Å². The van der Waals surface area contributed by atoms with Crippen molar-refractivity contribution in [2.75, 3.05) is 27.2 Å².